The minimum atomic E-state index is -0.305. The molecular weight excluding hydrogens is 1030 g/mol. The lowest BCUT2D eigenvalue weighted by atomic mass is 9.33. The Bertz CT molecular complexity index is 4710. The zero-order valence-electron chi connectivity index (χ0n) is 47.4. The number of nitrogens with zero attached hydrogens (tertiary/aromatic N) is 3. The molecule has 2 aliphatic heterocycles. The molecule has 16 rings (SSSR count). The SMILES string of the molecule is CC(C)(c1ccccc1)c1ccc2c(c1)N(c1ccc(-c3ccccc3)cc1)c1cc(-n3c4ccc(-c5ccccc5)cc4c4cc(-c5ccccc5)ccc43)cc3c1B2c1cc(-c2ccccc2)ccc1N3c1ccc(-c2ccccc2)cc1. The third kappa shape index (κ3) is 8.51. The maximum Gasteiger partial charge on any atom is 0.252 e. The van der Waals surface area contributed by atoms with E-state index >= 15 is 0 Å². The van der Waals surface area contributed by atoms with Crippen LogP contribution in [0.1, 0.15) is 25.0 Å². The summed E-state index contributed by atoms with van der Waals surface area (Å²) in [4.78, 5) is 5.15. The van der Waals surface area contributed by atoms with E-state index in [-0.39, 0.29) is 12.1 Å². The van der Waals surface area contributed by atoms with E-state index in [9.17, 15) is 0 Å². The third-order valence-electron chi connectivity index (χ3n) is 18.1. The molecule has 0 saturated carbocycles. The van der Waals surface area contributed by atoms with Crippen LogP contribution < -0.4 is 26.2 Å². The van der Waals surface area contributed by atoms with Crippen molar-refractivity contribution in [2.75, 3.05) is 9.80 Å². The first-order chi connectivity index (χ1) is 41.9. The summed E-state index contributed by atoms with van der Waals surface area (Å²) in [6.07, 6.45) is 0. The van der Waals surface area contributed by atoms with Gasteiger partial charge in [0.15, 0.2) is 0 Å². The van der Waals surface area contributed by atoms with Gasteiger partial charge < -0.3 is 14.4 Å². The quantitative estimate of drug-likeness (QED) is 0.126. The van der Waals surface area contributed by atoms with Crippen molar-refractivity contribution in [1.82, 2.24) is 4.57 Å². The molecule has 400 valence electrons. The molecule has 2 aliphatic rings. The molecular formula is C81H58BN3. The number of hydrogen-bond donors (Lipinski definition) is 0. The summed E-state index contributed by atoms with van der Waals surface area (Å²) in [5.41, 5.74) is 28.1. The molecule has 0 fully saturated rings. The highest BCUT2D eigenvalue weighted by atomic mass is 15.2. The number of fused-ring (bicyclic) bond motifs is 7. The number of anilines is 6. The fraction of sp³-hybridized carbons (Fsp3) is 0.0370. The standard InChI is InChI=1S/C81H58BN3/c1-81(2,65-31-19-8-20-32-65)66-40-45-72-77(52-66)84(68-43-35-61(36-44-68)56-23-11-4-12-24-56)79-54-69(85-74-46-37-62(57-25-13-5-14-26-57)49-70(74)71-50-63(38-47-75(71)85)58-27-15-6-16-28-58)53-78-80(79)82(72)73-51-64(59-29-17-7-18-30-59)39-48-76(73)83(78)67-41-33-60(34-42-67)55-21-9-3-10-22-55/h3-54H,1-2H3. The molecule has 0 saturated heterocycles. The van der Waals surface area contributed by atoms with Gasteiger partial charge in [0.05, 0.1) is 16.7 Å². The molecule has 0 unspecified atom stereocenters. The average Bonchev–Trinajstić information content (AvgIpc) is 1.30. The van der Waals surface area contributed by atoms with Crippen LogP contribution in [-0.2, 0) is 5.41 Å². The van der Waals surface area contributed by atoms with E-state index in [0.717, 1.165) is 45.2 Å². The van der Waals surface area contributed by atoms with E-state index in [4.69, 9.17) is 0 Å². The van der Waals surface area contributed by atoms with Crippen LogP contribution in [0.15, 0.2) is 315 Å². The highest BCUT2D eigenvalue weighted by Gasteiger charge is 2.45. The molecule has 1 aromatic heterocycles. The number of hydrogen-bond acceptors (Lipinski definition) is 2. The summed E-state index contributed by atoms with van der Waals surface area (Å²) in [6, 6.07) is 117. The predicted octanol–water partition coefficient (Wildman–Crippen LogP) is 19.5. The van der Waals surface area contributed by atoms with Crippen LogP contribution in [0.4, 0.5) is 34.1 Å². The molecule has 14 aromatic rings. The van der Waals surface area contributed by atoms with Gasteiger partial charge in [0.2, 0.25) is 0 Å². The lowest BCUT2D eigenvalue weighted by Crippen LogP contribution is -2.61. The van der Waals surface area contributed by atoms with E-state index in [0.29, 0.717) is 0 Å². The Kier molecular flexibility index (Phi) is 12.0. The lowest BCUT2D eigenvalue weighted by molar-refractivity contribution is 0.641. The van der Waals surface area contributed by atoms with Crippen molar-refractivity contribution < 1.29 is 0 Å². The summed E-state index contributed by atoms with van der Waals surface area (Å²) in [7, 11) is 0. The number of benzene rings is 13. The van der Waals surface area contributed by atoms with Crippen molar-refractivity contribution in [1.29, 1.82) is 0 Å². The van der Waals surface area contributed by atoms with Crippen LogP contribution in [-0.4, -0.2) is 11.3 Å². The zero-order chi connectivity index (χ0) is 56.6. The van der Waals surface area contributed by atoms with E-state index in [1.165, 1.54) is 99.6 Å². The van der Waals surface area contributed by atoms with Crippen LogP contribution in [0.25, 0.3) is 83.1 Å². The van der Waals surface area contributed by atoms with Gasteiger partial charge in [-0.15, -0.1) is 0 Å². The second-order valence-corrected chi connectivity index (χ2v) is 23.3. The first kappa shape index (κ1) is 50.1. The van der Waals surface area contributed by atoms with E-state index in [1.807, 2.05) is 0 Å². The Hall–Kier alpha value is -10.7. The summed E-state index contributed by atoms with van der Waals surface area (Å²) in [5.74, 6) is 0. The van der Waals surface area contributed by atoms with Gasteiger partial charge in [0, 0.05) is 50.3 Å². The van der Waals surface area contributed by atoms with Crippen molar-refractivity contribution in [2.45, 2.75) is 19.3 Å². The van der Waals surface area contributed by atoms with Gasteiger partial charge in [-0.25, -0.2) is 0 Å². The van der Waals surface area contributed by atoms with Gasteiger partial charge in [-0.1, -0.05) is 257 Å². The smallest absolute Gasteiger partial charge is 0.252 e. The molecule has 0 spiro atoms. The molecule has 3 nitrogen and oxygen atoms in total. The van der Waals surface area contributed by atoms with Crippen LogP contribution in [0.5, 0.6) is 0 Å². The van der Waals surface area contributed by atoms with Gasteiger partial charge in [-0.2, -0.15) is 0 Å². The molecule has 0 radical (unpaired) electrons. The Balaban J connectivity index is 1.01. The van der Waals surface area contributed by atoms with E-state index < -0.39 is 0 Å². The van der Waals surface area contributed by atoms with Gasteiger partial charge in [-0.3, -0.25) is 0 Å². The predicted molar refractivity (Wildman–Crippen MR) is 361 cm³/mol. The molecule has 4 heteroatoms. The second-order valence-electron chi connectivity index (χ2n) is 23.3. The zero-order valence-corrected chi connectivity index (χ0v) is 47.4. The Morgan fingerprint density at radius 2 is 0.635 bits per heavy atom. The minimum absolute atomic E-state index is 0.124. The molecule has 13 aromatic carbocycles. The summed E-state index contributed by atoms with van der Waals surface area (Å²) in [5, 5.41) is 2.41. The topological polar surface area (TPSA) is 11.4 Å². The normalized spacial score (nSPS) is 12.5. The van der Waals surface area contributed by atoms with Crippen molar-refractivity contribution in [3.63, 3.8) is 0 Å². The fourth-order valence-corrected chi connectivity index (χ4v) is 13.7. The summed E-state index contributed by atoms with van der Waals surface area (Å²) >= 11 is 0. The van der Waals surface area contributed by atoms with Gasteiger partial charge in [0.1, 0.15) is 0 Å². The molecule has 0 amide bonds. The highest BCUT2D eigenvalue weighted by molar-refractivity contribution is 7.00. The van der Waals surface area contributed by atoms with E-state index in [2.05, 4.69) is 344 Å². The average molecular weight is 1080 g/mol. The summed E-state index contributed by atoms with van der Waals surface area (Å²) in [6.45, 7) is 4.61. The van der Waals surface area contributed by atoms with Gasteiger partial charge in [-0.05, 0) is 156 Å². The molecule has 3 heterocycles. The number of rotatable bonds is 10. The Morgan fingerprint density at radius 1 is 0.259 bits per heavy atom. The Labute approximate surface area is 497 Å². The van der Waals surface area contributed by atoms with Crippen molar-refractivity contribution in [2.24, 2.45) is 0 Å². The van der Waals surface area contributed by atoms with Crippen LogP contribution in [0.2, 0.25) is 0 Å². The molecule has 85 heavy (non-hydrogen) atoms. The monoisotopic (exact) mass is 1080 g/mol. The largest absolute Gasteiger partial charge is 0.311 e. The first-order valence-corrected chi connectivity index (χ1v) is 29.6. The maximum absolute atomic E-state index is 2.59. The minimum Gasteiger partial charge on any atom is -0.311 e. The molecule has 0 atom stereocenters. The van der Waals surface area contributed by atoms with Crippen molar-refractivity contribution in [3.05, 3.63) is 327 Å². The lowest BCUT2D eigenvalue weighted by Gasteiger charge is -2.45. The first-order valence-electron chi connectivity index (χ1n) is 29.6. The van der Waals surface area contributed by atoms with Crippen molar-refractivity contribution >= 4 is 79.0 Å². The maximum atomic E-state index is 2.59. The summed E-state index contributed by atoms with van der Waals surface area (Å²) < 4.78 is 2.53. The van der Waals surface area contributed by atoms with Gasteiger partial charge in [0.25, 0.3) is 6.71 Å². The third-order valence-corrected chi connectivity index (χ3v) is 18.1. The van der Waals surface area contributed by atoms with Crippen LogP contribution >= 0.6 is 0 Å². The molecule has 0 N–H and O–H groups in total. The van der Waals surface area contributed by atoms with Gasteiger partial charge >= 0.3 is 0 Å². The van der Waals surface area contributed by atoms with E-state index in [1.54, 1.807) is 0 Å². The van der Waals surface area contributed by atoms with Crippen LogP contribution in [0, 0.1) is 0 Å². The fourth-order valence-electron chi connectivity index (χ4n) is 13.7. The highest BCUT2D eigenvalue weighted by Crippen LogP contribution is 2.49. The molecule has 0 bridgehead atoms. The number of aromatic nitrogens is 1. The van der Waals surface area contributed by atoms with Crippen LogP contribution in [0.3, 0.4) is 0 Å². The second kappa shape index (κ2) is 20.3. The van der Waals surface area contributed by atoms with Crippen molar-refractivity contribution in [3.8, 4) is 61.3 Å². The molecule has 0 aliphatic carbocycles. The Morgan fingerprint density at radius 3 is 1.09 bits per heavy atom.